The van der Waals surface area contributed by atoms with Crippen molar-refractivity contribution in [2.75, 3.05) is 13.2 Å². The Kier molecular flexibility index (Phi) is 4.73. The molecule has 6 heteroatoms. The van der Waals surface area contributed by atoms with Gasteiger partial charge in [0.05, 0.1) is 24.4 Å². The van der Waals surface area contributed by atoms with Crippen molar-refractivity contribution in [2.45, 2.75) is 32.0 Å². The largest absolute Gasteiger partial charge is 0.375 e. The summed E-state index contributed by atoms with van der Waals surface area (Å²) in [5, 5.41) is 10.5. The molecule has 1 unspecified atom stereocenters. The second-order valence-electron chi connectivity index (χ2n) is 5.78. The molecular formula is C17H22N4O2. The lowest BCUT2D eigenvalue weighted by Crippen LogP contribution is -2.55. The first-order chi connectivity index (χ1) is 11.1. The van der Waals surface area contributed by atoms with E-state index >= 15 is 0 Å². The number of ether oxygens (including phenoxy) is 1. The van der Waals surface area contributed by atoms with Crippen LogP contribution < -0.4 is 10.6 Å². The highest BCUT2D eigenvalue weighted by Gasteiger charge is 2.29. The molecule has 6 nitrogen and oxygen atoms in total. The molecular weight excluding hydrogens is 292 g/mol. The number of rotatable bonds is 4. The fraction of sp³-hybridized carbons (Fsp3) is 0.412. The van der Waals surface area contributed by atoms with Gasteiger partial charge in [-0.1, -0.05) is 12.1 Å². The van der Waals surface area contributed by atoms with Gasteiger partial charge >= 0.3 is 0 Å². The zero-order chi connectivity index (χ0) is 16.2. The van der Waals surface area contributed by atoms with Crippen LogP contribution in [0.2, 0.25) is 0 Å². The highest BCUT2D eigenvalue weighted by molar-refractivity contribution is 5.82. The zero-order valence-corrected chi connectivity index (χ0v) is 13.4. The second-order valence-corrected chi connectivity index (χ2v) is 5.78. The number of hydrogen-bond acceptors (Lipinski definition) is 4. The molecule has 3 atom stereocenters. The minimum atomic E-state index is -0.305. The van der Waals surface area contributed by atoms with Gasteiger partial charge in [-0.3, -0.25) is 4.79 Å². The summed E-state index contributed by atoms with van der Waals surface area (Å²) in [6.07, 6.45) is 3.52. The molecule has 0 saturated carbocycles. The van der Waals surface area contributed by atoms with Crippen molar-refractivity contribution < 1.29 is 9.53 Å². The maximum absolute atomic E-state index is 12.4. The highest BCUT2D eigenvalue weighted by atomic mass is 16.5. The average molecular weight is 314 g/mol. The summed E-state index contributed by atoms with van der Waals surface area (Å²) >= 11 is 0. The van der Waals surface area contributed by atoms with E-state index in [1.165, 1.54) is 0 Å². The fourth-order valence-electron chi connectivity index (χ4n) is 2.77. The average Bonchev–Trinajstić information content (AvgIpc) is 3.10. The Bertz CT molecular complexity index is 656. The summed E-state index contributed by atoms with van der Waals surface area (Å²) in [5.74, 6) is -0.0332. The standard InChI is InChI=1S/C17H22N4O2/c1-12(20-17(22)16-13(2)23-10-8-18-16)14-5-3-6-15(11-14)21-9-4-7-19-21/h3-7,9,11-13,16,18H,8,10H2,1-2H3,(H,20,22)/t12?,13-,16+/m1/s1. The first-order valence-electron chi connectivity index (χ1n) is 7.90. The van der Waals surface area contributed by atoms with Crippen LogP contribution in [0, 0.1) is 0 Å². The van der Waals surface area contributed by atoms with E-state index in [9.17, 15) is 4.79 Å². The molecule has 0 aliphatic carbocycles. The molecule has 1 saturated heterocycles. The lowest BCUT2D eigenvalue weighted by molar-refractivity contribution is -0.129. The molecule has 1 aromatic carbocycles. The number of nitrogens with zero attached hydrogens (tertiary/aromatic N) is 2. The van der Waals surface area contributed by atoms with E-state index in [0.717, 1.165) is 11.3 Å². The van der Waals surface area contributed by atoms with Crippen LogP contribution in [-0.4, -0.2) is 41.0 Å². The van der Waals surface area contributed by atoms with Gasteiger partial charge in [-0.05, 0) is 37.6 Å². The molecule has 0 radical (unpaired) electrons. The first-order valence-corrected chi connectivity index (χ1v) is 7.90. The molecule has 0 bridgehead atoms. The number of aromatic nitrogens is 2. The Morgan fingerprint density at radius 1 is 1.48 bits per heavy atom. The van der Waals surface area contributed by atoms with E-state index in [0.29, 0.717) is 13.2 Å². The van der Waals surface area contributed by atoms with Crippen LogP contribution in [0.5, 0.6) is 0 Å². The van der Waals surface area contributed by atoms with Crippen LogP contribution in [0.3, 0.4) is 0 Å². The van der Waals surface area contributed by atoms with Crippen molar-refractivity contribution >= 4 is 5.91 Å². The Morgan fingerprint density at radius 3 is 3.09 bits per heavy atom. The van der Waals surface area contributed by atoms with E-state index in [-0.39, 0.29) is 24.1 Å². The molecule has 122 valence electrons. The van der Waals surface area contributed by atoms with Gasteiger partial charge in [0.2, 0.25) is 5.91 Å². The minimum Gasteiger partial charge on any atom is -0.375 e. The van der Waals surface area contributed by atoms with E-state index in [2.05, 4.69) is 15.7 Å². The molecule has 3 rings (SSSR count). The van der Waals surface area contributed by atoms with Crippen molar-refractivity contribution in [2.24, 2.45) is 0 Å². The number of carbonyl (C=O) groups excluding carboxylic acids is 1. The molecule has 2 N–H and O–H groups in total. The zero-order valence-electron chi connectivity index (χ0n) is 13.4. The van der Waals surface area contributed by atoms with Gasteiger partial charge in [-0.15, -0.1) is 0 Å². The van der Waals surface area contributed by atoms with E-state index < -0.39 is 0 Å². The van der Waals surface area contributed by atoms with Crippen LogP contribution in [0.25, 0.3) is 5.69 Å². The van der Waals surface area contributed by atoms with Crippen LogP contribution in [-0.2, 0) is 9.53 Å². The number of morpholine rings is 1. The fourth-order valence-corrected chi connectivity index (χ4v) is 2.77. The lowest BCUT2D eigenvalue weighted by Gasteiger charge is -2.30. The monoisotopic (exact) mass is 314 g/mol. The molecule has 2 aromatic rings. The Hall–Kier alpha value is -2.18. The van der Waals surface area contributed by atoms with Gasteiger partial charge in [0, 0.05) is 18.9 Å². The Morgan fingerprint density at radius 2 is 2.35 bits per heavy atom. The number of benzene rings is 1. The third-order valence-electron chi connectivity index (χ3n) is 4.10. The normalized spacial score (nSPS) is 22.5. The number of carbonyl (C=O) groups is 1. The van der Waals surface area contributed by atoms with Crippen molar-refractivity contribution in [3.8, 4) is 5.69 Å². The molecule has 1 aliphatic rings. The molecule has 2 heterocycles. The Labute approximate surface area is 135 Å². The van der Waals surface area contributed by atoms with Crippen molar-refractivity contribution in [1.29, 1.82) is 0 Å². The number of nitrogens with one attached hydrogen (secondary N) is 2. The van der Waals surface area contributed by atoms with Gasteiger partial charge in [0.25, 0.3) is 0 Å². The highest BCUT2D eigenvalue weighted by Crippen LogP contribution is 2.17. The third-order valence-corrected chi connectivity index (χ3v) is 4.10. The summed E-state index contributed by atoms with van der Waals surface area (Å²) in [5.41, 5.74) is 2.01. The van der Waals surface area contributed by atoms with Crippen LogP contribution in [0.4, 0.5) is 0 Å². The third kappa shape index (κ3) is 3.60. The predicted octanol–water partition coefficient (Wildman–Crippen LogP) is 1.43. The summed E-state index contributed by atoms with van der Waals surface area (Å²) in [4.78, 5) is 12.4. The summed E-state index contributed by atoms with van der Waals surface area (Å²) in [7, 11) is 0. The maximum Gasteiger partial charge on any atom is 0.240 e. The van der Waals surface area contributed by atoms with Crippen LogP contribution >= 0.6 is 0 Å². The van der Waals surface area contributed by atoms with Gasteiger partial charge in [-0.2, -0.15) is 5.10 Å². The van der Waals surface area contributed by atoms with Crippen molar-refractivity contribution in [1.82, 2.24) is 20.4 Å². The lowest BCUT2D eigenvalue weighted by atomic mass is 10.1. The summed E-state index contributed by atoms with van der Waals surface area (Å²) < 4.78 is 7.33. The molecule has 1 aliphatic heterocycles. The Balaban J connectivity index is 1.69. The molecule has 23 heavy (non-hydrogen) atoms. The predicted molar refractivity (Wildman–Crippen MR) is 87.3 cm³/mol. The minimum absolute atomic E-state index is 0.0332. The van der Waals surface area contributed by atoms with E-state index in [4.69, 9.17) is 4.74 Å². The molecule has 1 amide bonds. The number of hydrogen-bond donors (Lipinski definition) is 2. The number of amides is 1. The molecule has 1 fully saturated rings. The maximum atomic E-state index is 12.4. The van der Waals surface area contributed by atoms with Gasteiger partial charge in [-0.25, -0.2) is 4.68 Å². The summed E-state index contributed by atoms with van der Waals surface area (Å²) in [6, 6.07) is 9.49. The van der Waals surface area contributed by atoms with Crippen LogP contribution in [0.1, 0.15) is 25.5 Å². The first kappa shape index (κ1) is 15.7. The quantitative estimate of drug-likeness (QED) is 0.896. The SMILES string of the molecule is CC(NC(=O)[C@H]1NCCO[C@@H]1C)c1cccc(-n2cccn2)c1. The summed E-state index contributed by atoms with van der Waals surface area (Å²) in [6.45, 7) is 5.24. The molecule has 0 spiro atoms. The topological polar surface area (TPSA) is 68.2 Å². The van der Waals surface area contributed by atoms with Crippen LogP contribution in [0.15, 0.2) is 42.7 Å². The molecule has 1 aromatic heterocycles. The van der Waals surface area contributed by atoms with Gasteiger partial charge in [0.15, 0.2) is 0 Å². The smallest absolute Gasteiger partial charge is 0.240 e. The van der Waals surface area contributed by atoms with Crippen molar-refractivity contribution in [3.63, 3.8) is 0 Å². The van der Waals surface area contributed by atoms with E-state index in [1.54, 1.807) is 10.9 Å². The van der Waals surface area contributed by atoms with Gasteiger partial charge in [0.1, 0.15) is 6.04 Å². The van der Waals surface area contributed by atoms with Gasteiger partial charge < -0.3 is 15.4 Å². The van der Waals surface area contributed by atoms with E-state index in [1.807, 2.05) is 50.4 Å². The van der Waals surface area contributed by atoms with Crippen molar-refractivity contribution in [3.05, 3.63) is 48.3 Å². The second kappa shape index (κ2) is 6.93.